The van der Waals surface area contributed by atoms with Gasteiger partial charge in [0.25, 0.3) is 5.91 Å². The number of nitrogens with zero attached hydrogens (tertiary/aromatic N) is 5. The van der Waals surface area contributed by atoms with Crippen LogP contribution in [-0.2, 0) is 14.3 Å². The largest absolute Gasteiger partial charge is 0.378 e. The van der Waals surface area contributed by atoms with E-state index in [1.165, 1.54) is 17.1 Å². The van der Waals surface area contributed by atoms with E-state index in [9.17, 15) is 14.0 Å². The van der Waals surface area contributed by atoms with Crippen LogP contribution >= 0.6 is 11.8 Å². The molecule has 0 bridgehead atoms. The van der Waals surface area contributed by atoms with E-state index < -0.39 is 5.91 Å². The average molecular weight is 495 g/mol. The van der Waals surface area contributed by atoms with Crippen LogP contribution in [0.1, 0.15) is 23.4 Å². The van der Waals surface area contributed by atoms with Gasteiger partial charge < -0.3 is 14.2 Å². The molecule has 0 atom stereocenters. The number of amides is 2. The Morgan fingerprint density at radius 3 is 2.66 bits per heavy atom. The highest BCUT2D eigenvalue weighted by Gasteiger charge is 2.36. The highest BCUT2D eigenvalue weighted by atomic mass is 32.2. The molecule has 9 nitrogen and oxygen atoms in total. The Balaban J connectivity index is 1.39. The molecule has 1 fully saturated rings. The van der Waals surface area contributed by atoms with Crippen molar-refractivity contribution < 1.29 is 18.7 Å². The maximum atomic E-state index is 13.4. The number of benzene rings is 1. The molecule has 0 spiro atoms. The van der Waals surface area contributed by atoms with Crippen LogP contribution in [0.2, 0.25) is 0 Å². The summed E-state index contributed by atoms with van der Waals surface area (Å²) >= 11 is 1.13. The number of hydrogen-bond donors (Lipinski definition) is 1. The van der Waals surface area contributed by atoms with Crippen molar-refractivity contribution in [3.05, 3.63) is 58.7 Å². The molecule has 1 aromatic carbocycles. The first kappa shape index (κ1) is 23.2. The van der Waals surface area contributed by atoms with Gasteiger partial charge >= 0.3 is 0 Å². The number of fused-ring (bicyclic) bond motifs is 1. The Labute approximate surface area is 205 Å². The van der Waals surface area contributed by atoms with Gasteiger partial charge in [0.15, 0.2) is 5.84 Å². The van der Waals surface area contributed by atoms with Crippen LogP contribution in [0.4, 0.5) is 4.39 Å². The van der Waals surface area contributed by atoms with E-state index in [0.29, 0.717) is 31.3 Å². The molecule has 5 rings (SSSR count). The number of aliphatic imine (C=N–C) groups is 1. The van der Waals surface area contributed by atoms with E-state index in [2.05, 4.69) is 10.1 Å². The summed E-state index contributed by atoms with van der Waals surface area (Å²) in [6, 6.07) is 8.07. The number of hydrazone groups is 1. The van der Waals surface area contributed by atoms with Crippen molar-refractivity contribution in [3.63, 3.8) is 0 Å². The van der Waals surface area contributed by atoms with E-state index in [-0.39, 0.29) is 34.7 Å². The molecule has 180 valence electrons. The van der Waals surface area contributed by atoms with Crippen LogP contribution in [0.25, 0.3) is 11.8 Å². The number of amidine groups is 2. The van der Waals surface area contributed by atoms with Crippen molar-refractivity contribution in [2.24, 2.45) is 10.1 Å². The summed E-state index contributed by atoms with van der Waals surface area (Å²) in [6.45, 7) is 5.92. The molecule has 1 aromatic heterocycles. The molecule has 0 saturated carbocycles. The van der Waals surface area contributed by atoms with E-state index >= 15 is 0 Å². The topological polar surface area (TPSA) is 103 Å². The number of carbonyl (C=O) groups is 2. The van der Waals surface area contributed by atoms with Crippen molar-refractivity contribution in [1.82, 2.24) is 14.5 Å². The molecule has 0 aliphatic carbocycles. The lowest BCUT2D eigenvalue weighted by Crippen LogP contribution is -2.41. The first-order valence-electron chi connectivity index (χ1n) is 11.1. The molecular formula is C24H23FN6O3S. The molecule has 0 unspecified atom stereocenters. The lowest BCUT2D eigenvalue weighted by atomic mass is 10.1. The Morgan fingerprint density at radius 1 is 1.23 bits per heavy atom. The van der Waals surface area contributed by atoms with E-state index in [0.717, 1.165) is 34.4 Å². The molecule has 0 radical (unpaired) electrons. The third-order valence-electron chi connectivity index (χ3n) is 6.02. The van der Waals surface area contributed by atoms with Crippen molar-refractivity contribution in [2.45, 2.75) is 20.3 Å². The van der Waals surface area contributed by atoms with Crippen molar-refractivity contribution in [2.75, 3.05) is 26.3 Å². The predicted molar refractivity (Wildman–Crippen MR) is 132 cm³/mol. The predicted octanol–water partition coefficient (Wildman–Crippen LogP) is 3.10. The number of hydrogen-bond acceptors (Lipinski definition) is 6. The molecule has 1 saturated heterocycles. The second kappa shape index (κ2) is 9.23. The van der Waals surface area contributed by atoms with Crippen molar-refractivity contribution in [1.29, 1.82) is 5.41 Å². The molecule has 3 aliphatic rings. The summed E-state index contributed by atoms with van der Waals surface area (Å²) in [5, 5.41) is 15.1. The summed E-state index contributed by atoms with van der Waals surface area (Å²) in [5.41, 5.74) is 3.40. The molecule has 11 heteroatoms. The number of rotatable bonds is 4. The van der Waals surface area contributed by atoms with Crippen LogP contribution in [0.15, 0.2) is 46.0 Å². The van der Waals surface area contributed by atoms with Gasteiger partial charge in [0.1, 0.15) is 10.9 Å². The Morgan fingerprint density at radius 2 is 1.94 bits per heavy atom. The highest BCUT2D eigenvalue weighted by molar-refractivity contribution is 8.27. The number of halogens is 1. The summed E-state index contributed by atoms with van der Waals surface area (Å²) in [4.78, 5) is 31.2. The summed E-state index contributed by atoms with van der Waals surface area (Å²) in [5.74, 6) is -1.01. The molecule has 35 heavy (non-hydrogen) atoms. The lowest BCUT2D eigenvalue weighted by molar-refractivity contribution is -0.133. The second-order valence-corrected chi connectivity index (χ2v) is 9.36. The molecular weight excluding hydrogens is 471 g/mol. The molecule has 4 heterocycles. The fraction of sp³-hybridized carbons (Fsp3) is 0.292. The monoisotopic (exact) mass is 494 g/mol. The standard InChI is InChI=1S/C24H23FN6O3S/c1-14-11-16(15(2)30(14)18-5-3-17(25)4-6-18)12-19-22(26)31-24(27-23(19)33)35-20(28-31)13-21(32)29-7-9-34-10-8-29/h3-6,11-12,26H,7-10,13H2,1-2H3. The summed E-state index contributed by atoms with van der Waals surface area (Å²) < 4.78 is 20.6. The number of aryl methyl sites for hydroxylation is 1. The van der Waals surface area contributed by atoms with Gasteiger partial charge in [0, 0.05) is 30.2 Å². The molecule has 2 amide bonds. The first-order valence-corrected chi connectivity index (χ1v) is 11.9. The van der Waals surface area contributed by atoms with Gasteiger partial charge in [-0.1, -0.05) is 0 Å². The van der Waals surface area contributed by atoms with E-state index in [1.54, 1.807) is 23.1 Å². The van der Waals surface area contributed by atoms with Gasteiger partial charge in [0.05, 0.1) is 25.2 Å². The minimum Gasteiger partial charge on any atom is -0.378 e. The average Bonchev–Trinajstić information content (AvgIpc) is 3.37. The van der Waals surface area contributed by atoms with Crippen molar-refractivity contribution >= 4 is 45.7 Å². The Hall–Kier alpha value is -3.57. The number of carbonyl (C=O) groups excluding carboxylic acids is 2. The van der Waals surface area contributed by atoms with Crippen LogP contribution < -0.4 is 0 Å². The highest BCUT2D eigenvalue weighted by Crippen LogP contribution is 2.31. The van der Waals surface area contributed by atoms with Crippen LogP contribution in [0.3, 0.4) is 0 Å². The van der Waals surface area contributed by atoms with Crippen molar-refractivity contribution in [3.8, 4) is 5.69 Å². The van der Waals surface area contributed by atoms with E-state index in [4.69, 9.17) is 10.1 Å². The molecule has 1 N–H and O–H groups in total. The minimum atomic E-state index is -0.531. The summed E-state index contributed by atoms with van der Waals surface area (Å²) in [6.07, 6.45) is 1.71. The third-order valence-corrected chi connectivity index (χ3v) is 6.93. The second-order valence-electron chi connectivity index (χ2n) is 8.32. The van der Waals surface area contributed by atoms with Crippen LogP contribution in [0.5, 0.6) is 0 Å². The zero-order chi connectivity index (χ0) is 24.7. The number of nitrogens with one attached hydrogen (secondary N) is 1. The van der Waals surface area contributed by atoms with Gasteiger partial charge in [-0.05, 0) is 67.6 Å². The Kier molecular flexibility index (Phi) is 6.12. The van der Waals surface area contributed by atoms with Crippen LogP contribution in [-0.4, -0.2) is 68.6 Å². The zero-order valence-corrected chi connectivity index (χ0v) is 20.1. The van der Waals surface area contributed by atoms with Gasteiger partial charge in [-0.2, -0.15) is 15.1 Å². The lowest BCUT2D eigenvalue weighted by Gasteiger charge is -2.26. The maximum Gasteiger partial charge on any atom is 0.283 e. The minimum absolute atomic E-state index is 0.0677. The van der Waals surface area contributed by atoms with Gasteiger partial charge in [0.2, 0.25) is 11.1 Å². The number of aromatic nitrogens is 1. The SMILES string of the molecule is Cc1cc(C=C2C(=N)N3N=C(CC(=O)N4CCOCC4)SC3=NC2=O)c(C)n1-c1ccc(F)cc1. The quantitative estimate of drug-likeness (QED) is 0.658. The number of thioether (sulfide) groups is 1. The number of morpholine rings is 1. The summed E-state index contributed by atoms with van der Waals surface area (Å²) in [7, 11) is 0. The smallest absolute Gasteiger partial charge is 0.283 e. The fourth-order valence-electron chi connectivity index (χ4n) is 4.23. The molecule has 2 aromatic rings. The maximum absolute atomic E-state index is 13.4. The third kappa shape index (κ3) is 4.44. The molecule has 3 aliphatic heterocycles. The van der Waals surface area contributed by atoms with Gasteiger partial charge in [-0.25, -0.2) is 4.39 Å². The van der Waals surface area contributed by atoms with Gasteiger partial charge in [-0.3, -0.25) is 15.0 Å². The van der Waals surface area contributed by atoms with E-state index in [1.807, 2.05) is 24.5 Å². The number of ether oxygens (including phenoxy) is 1. The fourth-order valence-corrected chi connectivity index (χ4v) is 5.11. The van der Waals surface area contributed by atoms with Crippen LogP contribution in [0, 0.1) is 25.1 Å². The Bertz CT molecular complexity index is 1320. The van der Waals surface area contributed by atoms with Gasteiger partial charge in [-0.15, -0.1) is 0 Å². The normalized spacial score (nSPS) is 19.2. The first-order chi connectivity index (χ1) is 16.8. The zero-order valence-electron chi connectivity index (χ0n) is 19.2.